The minimum atomic E-state index is -1.73. The summed E-state index contributed by atoms with van der Waals surface area (Å²) in [5.74, 6) is -5.17. The second kappa shape index (κ2) is 17.8. The highest BCUT2D eigenvalue weighted by Crippen LogP contribution is 2.69. The van der Waals surface area contributed by atoms with Gasteiger partial charge in [-0.3, -0.25) is 38.4 Å². The summed E-state index contributed by atoms with van der Waals surface area (Å²) in [6.07, 6.45) is 12.5. The number of aliphatic hydroxyl groups excluding tert-OH is 2. The smallest absolute Gasteiger partial charge is 0.306 e. The van der Waals surface area contributed by atoms with Crippen LogP contribution in [0.1, 0.15) is 118 Å². The van der Waals surface area contributed by atoms with Gasteiger partial charge in [0.2, 0.25) is 11.6 Å². The molecule has 0 bridgehead atoms. The van der Waals surface area contributed by atoms with Gasteiger partial charge >= 0.3 is 23.9 Å². The Bertz CT molecular complexity index is 2050. The molecule has 360 valence electrons. The highest BCUT2D eigenvalue weighted by atomic mass is 16.5. The highest BCUT2D eigenvalue weighted by Gasteiger charge is 2.70. The van der Waals surface area contributed by atoms with Gasteiger partial charge in [-0.25, -0.2) is 0 Å². The largest absolute Gasteiger partial charge is 0.481 e. The third-order valence-electron chi connectivity index (χ3n) is 18.0. The molecule has 66 heavy (non-hydrogen) atoms. The lowest BCUT2D eigenvalue weighted by Gasteiger charge is -2.59. The predicted octanol–water partition coefficient (Wildman–Crippen LogP) is 3.95. The summed E-state index contributed by atoms with van der Waals surface area (Å²) in [5, 5.41) is 63.2. The van der Waals surface area contributed by atoms with E-state index in [0.717, 1.165) is 36.8 Å². The van der Waals surface area contributed by atoms with Crippen LogP contribution in [0.2, 0.25) is 0 Å². The summed E-state index contributed by atoms with van der Waals surface area (Å²) >= 11 is 0. The van der Waals surface area contributed by atoms with E-state index in [1.54, 1.807) is 24.3 Å². The Kier molecular flexibility index (Phi) is 13.3. The molecule has 0 saturated heterocycles. The SMILES string of the molecule is C[C@]12C=CC(=O)C=C1CC[C@@H]1[C@@H]2[C@@H](O)C[C@@]2(C)[C@H]1CC[C@]2(O)C(=O)COC(=O)CCC(=O)O.C[C@]12C=CC(=O)C=C1CC[C@@H]1[C@@H]2[C@@H](O)C[C@@]2(C)[C@H]1CC[C@]2(O)C(=O)COC(=O)CCC(=O)O. The zero-order chi connectivity index (χ0) is 48.4. The number of fused-ring (bicyclic) bond motifs is 10. The van der Waals surface area contributed by atoms with Crippen molar-refractivity contribution < 1.29 is 78.5 Å². The summed E-state index contributed by atoms with van der Waals surface area (Å²) in [6, 6.07) is 0. The number of Topliss-reactive ketones (excluding diaryl/α,β-unsaturated/α-hetero) is 2. The van der Waals surface area contributed by atoms with Gasteiger partial charge in [-0.1, -0.05) is 51.0 Å². The van der Waals surface area contributed by atoms with Crippen molar-refractivity contribution in [2.75, 3.05) is 13.2 Å². The van der Waals surface area contributed by atoms with Crippen molar-refractivity contribution in [2.45, 2.75) is 141 Å². The number of carbonyl (C=O) groups is 8. The average molecular weight is 921 g/mol. The molecule has 8 rings (SSSR count). The van der Waals surface area contributed by atoms with E-state index in [2.05, 4.69) is 13.8 Å². The summed E-state index contributed by atoms with van der Waals surface area (Å²) in [6.45, 7) is 6.60. The highest BCUT2D eigenvalue weighted by molar-refractivity contribution is 6.02. The molecule has 0 heterocycles. The van der Waals surface area contributed by atoms with Gasteiger partial charge in [0.15, 0.2) is 24.8 Å². The normalized spacial score (nSPS) is 41.5. The van der Waals surface area contributed by atoms with Crippen LogP contribution in [0.4, 0.5) is 0 Å². The van der Waals surface area contributed by atoms with Crippen molar-refractivity contribution in [3.63, 3.8) is 0 Å². The fraction of sp³-hybridized carbons (Fsp3) is 0.680. The Morgan fingerprint density at radius 3 is 1.30 bits per heavy atom. The minimum Gasteiger partial charge on any atom is -0.481 e. The molecular formula is C50H64O16. The number of hydrogen-bond donors (Lipinski definition) is 6. The Hall–Kier alpha value is -4.64. The first-order valence-electron chi connectivity index (χ1n) is 23.4. The molecule has 16 nitrogen and oxygen atoms in total. The van der Waals surface area contributed by atoms with E-state index in [0.29, 0.717) is 12.8 Å². The second-order valence-electron chi connectivity index (χ2n) is 21.2. The molecule has 6 fully saturated rings. The third-order valence-corrected chi connectivity index (χ3v) is 18.0. The standard InChI is InChI=1S/2C25H32O8/c2*1-23-9-7-15(26)11-14(23)3-4-16-17-8-10-25(32,24(17,2)12-18(27)22(16)23)19(28)13-33-21(31)6-5-20(29)30/h2*7,9,11,16-18,22,27,32H,3-6,8,10,12-13H2,1-2H3,(H,29,30)/t2*16-,17-,18-,22+,23-,24-,25-/m00/s1. The lowest BCUT2D eigenvalue weighted by molar-refractivity contribution is -0.181. The zero-order valence-corrected chi connectivity index (χ0v) is 38.2. The molecule has 0 radical (unpaired) electrons. The van der Waals surface area contributed by atoms with E-state index in [1.807, 2.05) is 26.0 Å². The number of aliphatic carboxylic acids is 2. The number of ether oxygens (including phenoxy) is 2. The van der Waals surface area contributed by atoms with Crippen LogP contribution in [0.3, 0.4) is 0 Å². The Morgan fingerprint density at radius 2 is 0.955 bits per heavy atom. The van der Waals surface area contributed by atoms with Crippen molar-refractivity contribution in [1.82, 2.24) is 0 Å². The summed E-state index contributed by atoms with van der Waals surface area (Å²) in [5.41, 5.74) is -3.98. The number of esters is 2. The first kappa shape index (κ1) is 49.3. The van der Waals surface area contributed by atoms with Crippen LogP contribution in [0.25, 0.3) is 0 Å². The maximum Gasteiger partial charge on any atom is 0.306 e. The van der Waals surface area contributed by atoms with Gasteiger partial charge in [-0.2, -0.15) is 0 Å². The van der Waals surface area contributed by atoms with Crippen LogP contribution in [-0.4, -0.2) is 114 Å². The first-order chi connectivity index (χ1) is 30.8. The summed E-state index contributed by atoms with van der Waals surface area (Å²) in [4.78, 5) is 94.8. The van der Waals surface area contributed by atoms with Crippen molar-refractivity contribution in [1.29, 1.82) is 0 Å². The molecule has 6 N–H and O–H groups in total. The molecule has 8 aliphatic carbocycles. The van der Waals surface area contributed by atoms with Gasteiger partial charge in [0, 0.05) is 33.5 Å². The van der Waals surface area contributed by atoms with Crippen molar-refractivity contribution in [3.05, 3.63) is 47.6 Å². The molecule has 0 amide bonds. The number of allylic oxidation sites excluding steroid dienone is 8. The topological polar surface area (TPSA) is 276 Å². The van der Waals surface area contributed by atoms with Crippen molar-refractivity contribution in [3.8, 4) is 0 Å². The second-order valence-corrected chi connectivity index (χ2v) is 21.2. The maximum atomic E-state index is 13.1. The number of carboxylic acids is 2. The van der Waals surface area contributed by atoms with E-state index >= 15 is 0 Å². The molecule has 0 aliphatic heterocycles. The van der Waals surface area contributed by atoms with Crippen LogP contribution in [0.5, 0.6) is 0 Å². The van der Waals surface area contributed by atoms with Crippen molar-refractivity contribution >= 4 is 47.0 Å². The Morgan fingerprint density at radius 1 is 0.591 bits per heavy atom. The fourth-order valence-electron chi connectivity index (χ4n) is 14.7. The van der Waals surface area contributed by atoms with Crippen molar-refractivity contribution in [2.24, 2.45) is 57.2 Å². The van der Waals surface area contributed by atoms with Crippen LogP contribution in [-0.2, 0) is 47.8 Å². The molecule has 16 heteroatoms. The van der Waals surface area contributed by atoms with Gasteiger partial charge < -0.3 is 40.1 Å². The first-order valence-corrected chi connectivity index (χ1v) is 23.4. The fourth-order valence-corrected chi connectivity index (χ4v) is 14.7. The van der Waals surface area contributed by atoms with Gasteiger partial charge in [0.1, 0.15) is 11.2 Å². The maximum absolute atomic E-state index is 13.1. The number of ketones is 4. The number of carboxylic acid groups (broad SMARTS) is 2. The summed E-state index contributed by atoms with van der Waals surface area (Å²) in [7, 11) is 0. The lowest BCUT2D eigenvalue weighted by Crippen LogP contribution is -2.61. The molecule has 0 aromatic carbocycles. The van der Waals surface area contributed by atoms with Gasteiger partial charge in [0.25, 0.3) is 0 Å². The lowest BCUT2D eigenvalue weighted by atomic mass is 9.46. The van der Waals surface area contributed by atoms with E-state index in [-0.39, 0.29) is 98.4 Å². The molecule has 0 unspecified atom stereocenters. The van der Waals surface area contributed by atoms with E-state index in [1.165, 1.54) is 0 Å². The van der Waals surface area contributed by atoms with Crippen LogP contribution < -0.4 is 0 Å². The van der Waals surface area contributed by atoms with Crippen LogP contribution in [0.15, 0.2) is 47.6 Å². The number of aliphatic hydroxyl groups is 4. The molecule has 0 aromatic rings. The number of rotatable bonds is 12. The molecule has 8 aliphatic rings. The quantitative estimate of drug-likeness (QED) is 0.151. The van der Waals surface area contributed by atoms with Gasteiger partial charge in [0.05, 0.1) is 37.9 Å². The zero-order valence-electron chi connectivity index (χ0n) is 38.2. The molecule has 14 atom stereocenters. The van der Waals surface area contributed by atoms with E-state index in [4.69, 9.17) is 19.7 Å². The number of hydrogen-bond acceptors (Lipinski definition) is 14. The van der Waals surface area contributed by atoms with Crippen LogP contribution in [0, 0.1) is 57.2 Å². The van der Waals surface area contributed by atoms with Crippen LogP contribution >= 0.6 is 0 Å². The third kappa shape index (κ3) is 8.16. The molecule has 0 aromatic heterocycles. The number of carbonyl (C=O) groups excluding carboxylic acids is 6. The molecule has 6 saturated carbocycles. The average Bonchev–Trinajstić information content (AvgIpc) is 3.68. The minimum absolute atomic E-state index is 0.00645. The molecular weight excluding hydrogens is 857 g/mol. The predicted molar refractivity (Wildman–Crippen MR) is 232 cm³/mol. The van der Waals surface area contributed by atoms with Gasteiger partial charge in [-0.15, -0.1) is 0 Å². The summed E-state index contributed by atoms with van der Waals surface area (Å²) < 4.78 is 9.93. The van der Waals surface area contributed by atoms with E-state index < -0.39 is 93.7 Å². The Labute approximate surface area is 383 Å². The van der Waals surface area contributed by atoms with Gasteiger partial charge in [-0.05, 0) is 112 Å². The monoisotopic (exact) mass is 920 g/mol. The van der Waals surface area contributed by atoms with E-state index in [9.17, 15) is 58.8 Å². The molecule has 0 spiro atoms. The Balaban J connectivity index is 0.000000196.